The minimum absolute atomic E-state index is 0.0718. The fourth-order valence-electron chi connectivity index (χ4n) is 2.09. The van der Waals surface area contributed by atoms with E-state index in [2.05, 4.69) is 4.98 Å². The first-order valence-electron chi connectivity index (χ1n) is 6.79. The Labute approximate surface area is 148 Å². The van der Waals surface area contributed by atoms with E-state index in [-0.39, 0.29) is 27.0 Å². The minimum Gasteiger partial charge on any atom is -0.383 e. The molecule has 0 bridgehead atoms. The van der Waals surface area contributed by atoms with Crippen LogP contribution in [0.1, 0.15) is 15.9 Å². The largest absolute Gasteiger partial charge is 0.383 e. The molecule has 0 aliphatic rings. The summed E-state index contributed by atoms with van der Waals surface area (Å²) in [5.74, 6) is -0.540. The monoisotopic (exact) mass is 365 g/mol. The number of aromatic nitrogens is 1. The van der Waals surface area contributed by atoms with Gasteiger partial charge in [0.25, 0.3) is 5.69 Å². The number of nitro benzene ring substituents is 1. The molecule has 6 nitrogen and oxygen atoms in total. The van der Waals surface area contributed by atoms with Gasteiger partial charge in [0.2, 0.25) is 5.78 Å². The lowest BCUT2D eigenvalue weighted by molar-refractivity contribution is -0.385. The Hall–Kier alpha value is -2.44. The summed E-state index contributed by atoms with van der Waals surface area (Å²) in [4.78, 5) is 29.2. The van der Waals surface area contributed by atoms with Crippen molar-refractivity contribution in [1.29, 1.82) is 0 Å². The Bertz CT molecular complexity index is 835. The summed E-state index contributed by atoms with van der Waals surface area (Å²) in [6.45, 7) is 0. The molecule has 0 amide bonds. The molecule has 2 rings (SSSR count). The highest BCUT2D eigenvalue weighted by atomic mass is 35.5. The molecule has 0 saturated carbocycles. The van der Waals surface area contributed by atoms with Gasteiger partial charge in [0, 0.05) is 48.7 Å². The molecule has 1 aromatic heterocycles. The number of pyridine rings is 1. The number of hydrogen-bond acceptors (Lipinski definition) is 5. The SMILES string of the molecule is CN(C)C=C(C(=O)c1ccc(Cl)cc1[N+](=O)[O-])c1cccnc1Cl. The molecule has 0 saturated heterocycles. The standard InChI is InChI=1S/C16H13Cl2N3O3/c1-20(2)9-13(11-4-3-7-19-16(11)18)15(22)12-6-5-10(17)8-14(12)21(23)24/h3-9H,1-2H3. The fraction of sp³-hybridized carbons (Fsp3) is 0.125. The van der Waals surface area contributed by atoms with E-state index in [0.29, 0.717) is 5.56 Å². The number of ketones is 1. The molecule has 0 unspecified atom stereocenters. The molecule has 0 aliphatic heterocycles. The van der Waals surface area contributed by atoms with Crippen molar-refractivity contribution in [3.8, 4) is 0 Å². The second-order valence-electron chi connectivity index (χ2n) is 5.10. The van der Waals surface area contributed by atoms with Crippen LogP contribution in [-0.2, 0) is 0 Å². The number of nitro groups is 1. The third-order valence-corrected chi connectivity index (χ3v) is 3.62. The van der Waals surface area contributed by atoms with Crippen LogP contribution < -0.4 is 0 Å². The van der Waals surface area contributed by atoms with Crippen LogP contribution in [0.2, 0.25) is 10.2 Å². The summed E-state index contributed by atoms with van der Waals surface area (Å²) in [6, 6.07) is 7.17. The summed E-state index contributed by atoms with van der Waals surface area (Å²) in [7, 11) is 3.46. The summed E-state index contributed by atoms with van der Waals surface area (Å²) >= 11 is 11.9. The Morgan fingerprint density at radius 1 is 1.25 bits per heavy atom. The second-order valence-corrected chi connectivity index (χ2v) is 5.89. The molecule has 1 heterocycles. The number of nitrogens with zero attached hydrogens (tertiary/aromatic N) is 3. The zero-order valence-electron chi connectivity index (χ0n) is 12.9. The molecule has 0 N–H and O–H groups in total. The average Bonchev–Trinajstić information content (AvgIpc) is 2.52. The first kappa shape index (κ1) is 17.9. The third kappa shape index (κ3) is 3.90. The van der Waals surface area contributed by atoms with Crippen molar-refractivity contribution in [3.63, 3.8) is 0 Å². The van der Waals surface area contributed by atoms with Crippen molar-refractivity contribution in [2.45, 2.75) is 0 Å². The Balaban J connectivity index is 2.63. The highest BCUT2D eigenvalue weighted by Crippen LogP contribution is 2.30. The molecule has 24 heavy (non-hydrogen) atoms. The quantitative estimate of drug-likeness (QED) is 0.262. The summed E-state index contributed by atoms with van der Waals surface area (Å²) < 4.78 is 0. The number of hydrogen-bond donors (Lipinski definition) is 0. The number of benzene rings is 1. The molecule has 2 aromatic rings. The average molecular weight is 366 g/mol. The van der Waals surface area contributed by atoms with Crippen LogP contribution in [0.15, 0.2) is 42.7 Å². The lowest BCUT2D eigenvalue weighted by Gasteiger charge is -2.13. The molecule has 0 radical (unpaired) electrons. The molecular weight excluding hydrogens is 353 g/mol. The van der Waals surface area contributed by atoms with Crippen molar-refractivity contribution in [2.24, 2.45) is 0 Å². The van der Waals surface area contributed by atoms with Crippen molar-refractivity contribution in [1.82, 2.24) is 9.88 Å². The van der Waals surface area contributed by atoms with E-state index in [4.69, 9.17) is 23.2 Å². The van der Waals surface area contributed by atoms with Crippen LogP contribution >= 0.6 is 23.2 Å². The van der Waals surface area contributed by atoms with Gasteiger partial charge in [0.1, 0.15) is 10.7 Å². The smallest absolute Gasteiger partial charge is 0.282 e. The van der Waals surface area contributed by atoms with Gasteiger partial charge < -0.3 is 4.90 Å². The van der Waals surface area contributed by atoms with E-state index < -0.39 is 10.7 Å². The first-order chi connectivity index (χ1) is 11.3. The van der Waals surface area contributed by atoms with Crippen molar-refractivity contribution < 1.29 is 9.72 Å². The fourth-order valence-corrected chi connectivity index (χ4v) is 2.48. The molecular formula is C16H13Cl2N3O3. The highest BCUT2D eigenvalue weighted by molar-refractivity contribution is 6.37. The van der Waals surface area contributed by atoms with E-state index in [9.17, 15) is 14.9 Å². The van der Waals surface area contributed by atoms with Gasteiger partial charge in [0.15, 0.2) is 0 Å². The van der Waals surface area contributed by atoms with Gasteiger partial charge in [-0.1, -0.05) is 23.2 Å². The number of carbonyl (C=O) groups excluding carboxylic acids is 1. The third-order valence-electron chi connectivity index (χ3n) is 3.08. The van der Waals surface area contributed by atoms with E-state index in [1.807, 2.05) is 0 Å². The molecule has 8 heteroatoms. The van der Waals surface area contributed by atoms with Gasteiger partial charge in [-0.05, 0) is 24.3 Å². The van der Waals surface area contributed by atoms with Crippen molar-refractivity contribution in [2.75, 3.05) is 14.1 Å². The zero-order valence-corrected chi connectivity index (χ0v) is 14.4. The molecule has 124 valence electrons. The molecule has 0 spiro atoms. The summed E-state index contributed by atoms with van der Waals surface area (Å²) in [5, 5.41) is 11.6. The van der Waals surface area contributed by atoms with Crippen LogP contribution in [0.4, 0.5) is 5.69 Å². The predicted molar refractivity (Wildman–Crippen MR) is 93.3 cm³/mol. The van der Waals surface area contributed by atoms with Crippen molar-refractivity contribution >= 4 is 40.2 Å². The van der Waals surface area contributed by atoms with E-state index in [1.54, 1.807) is 37.3 Å². The first-order valence-corrected chi connectivity index (χ1v) is 7.54. The van der Waals surface area contributed by atoms with Gasteiger partial charge in [-0.15, -0.1) is 0 Å². The molecule has 0 fully saturated rings. The van der Waals surface area contributed by atoms with E-state index >= 15 is 0 Å². The van der Waals surface area contributed by atoms with Crippen LogP contribution in [0.5, 0.6) is 0 Å². The number of Topliss-reactive ketones (excluding diaryl/α,β-unsaturated/α-hetero) is 1. The zero-order chi connectivity index (χ0) is 17.9. The number of allylic oxidation sites excluding steroid dienone is 1. The van der Waals surface area contributed by atoms with Crippen LogP contribution in [-0.4, -0.2) is 34.7 Å². The maximum absolute atomic E-state index is 12.9. The topological polar surface area (TPSA) is 76.3 Å². The highest BCUT2D eigenvalue weighted by Gasteiger charge is 2.25. The Kier molecular flexibility index (Phi) is 5.54. The lowest BCUT2D eigenvalue weighted by atomic mass is 9.97. The molecule has 0 atom stereocenters. The van der Waals surface area contributed by atoms with Crippen LogP contribution in [0.3, 0.4) is 0 Å². The lowest BCUT2D eigenvalue weighted by Crippen LogP contribution is -2.11. The van der Waals surface area contributed by atoms with E-state index in [1.165, 1.54) is 18.3 Å². The summed E-state index contributed by atoms with van der Waals surface area (Å²) in [5.41, 5.74) is 0.153. The minimum atomic E-state index is -0.642. The van der Waals surface area contributed by atoms with Crippen LogP contribution in [0, 0.1) is 10.1 Å². The maximum Gasteiger partial charge on any atom is 0.282 e. The van der Waals surface area contributed by atoms with E-state index in [0.717, 1.165) is 6.07 Å². The van der Waals surface area contributed by atoms with Gasteiger partial charge in [-0.2, -0.15) is 0 Å². The van der Waals surface area contributed by atoms with Gasteiger partial charge in [-0.25, -0.2) is 4.98 Å². The maximum atomic E-state index is 12.9. The predicted octanol–water partition coefficient (Wildman–Crippen LogP) is 4.08. The molecule has 1 aromatic carbocycles. The Morgan fingerprint density at radius 3 is 2.54 bits per heavy atom. The Morgan fingerprint density at radius 2 is 1.96 bits per heavy atom. The van der Waals surface area contributed by atoms with Gasteiger partial charge in [0.05, 0.1) is 4.92 Å². The van der Waals surface area contributed by atoms with Gasteiger partial charge >= 0.3 is 0 Å². The number of halogens is 2. The molecule has 0 aliphatic carbocycles. The normalized spacial score (nSPS) is 11.2. The second kappa shape index (κ2) is 7.42. The number of rotatable bonds is 5. The van der Waals surface area contributed by atoms with Crippen molar-refractivity contribution in [3.05, 3.63) is 74.1 Å². The number of carbonyl (C=O) groups is 1. The van der Waals surface area contributed by atoms with Crippen LogP contribution in [0.25, 0.3) is 5.57 Å². The van der Waals surface area contributed by atoms with Gasteiger partial charge in [-0.3, -0.25) is 14.9 Å². The summed E-state index contributed by atoms with van der Waals surface area (Å²) in [6.07, 6.45) is 3.04.